The molecule has 1 aromatic carbocycles. The van der Waals surface area contributed by atoms with Crippen LogP contribution in [0.4, 0.5) is 4.79 Å². The van der Waals surface area contributed by atoms with Crippen LogP contribution in [0.5, 0.6) is 0 Å². The Hall–Kier alpha value is -1.59. The number of benzene rings is 1. The Labute approximate surface area is 149 Å². The van der Waals surface area contributed by atoms with Crippen LogP contribution in [0, 0.1) is 11.8 Å². The van der Waals surface area contributed by atoms with Gasteiger partial charge >= 0.3 is 6.03 Å². The summed E-state index contributed by atoms with van der Waals surface area (Å²) in [5.74, 6) is 1.14. The highest BCUT2D eigenvalue weighted by Crippen LogP contribution is 2.47. The van der Waals surface area contributed by atoms with E-state index in [2.05, 4.69) is 24.4 Å². The van der Waals surface area contributed by atoms with Crippen LogP contribution in [0.3, 0.4) is 0 Å². The Kier molecular flexibility index (Phi) is 4.95. The number of amides is 2. The molecule has 0 spiro atoms. The monoisotopic (exact) mass is 344 g/mol. The zero-order valence-corrected chi connectivity index (χ0v) is 14.9. The van der Waals surface area contributed by atoms with E-state index in [-0.39, 0.29) is 12.1 Å². The molecule has 2 bridgehead atoms. The third-order valence-corrected chi connectivity index (χ3v) is 5.97. The summed E-state index contributed by atoms with van der Waals surface area (Å²) in [5.41, 5.74) is 1.19. The summed E-state index contributed by atoms with van der Waals surface area (Å²) in [4.78, 5) is 14.3. The topological polar surface area (TPSA) is 50.8 Å². The molecule has 3 fully saturated rings. The molecule has 0 aromatic heterocycles. The summed E-state index contributed by atoms with van der Waals surface area (Å²) >= 11 is 0. The van der Waals surface area contributed by atoms with Crippen molar-refractivity contribution in [3.63, 3.8) is 0 Å². The lowest BCUT2D eigenvalue weighted by molar-refractivity contribution is 0.0638. The largest absolute Gasteiger partial charge is 0.374 e. The van der Waals surface area contributed by atoms with Crippen molar-refractivity contribution in [2.75, 3.05) is 26.2 Å². The molecule has 136 valence electrons. The van der Waals surface area contributed by atoms with Gasteiger partial charge in [0.25, 0.3) is 0 Å². The van der Waals surface area contributed by atoms with Crippen LogP contribution in [-0.2, 0) is 9.47 Å². The van der Waals surface area contributed by atoms with Crippen LogP contribution >= 0.6 is 0 Å². The molecule has 3 saturated heterocycles. The van der Waals surface area contributed by atoms with E-state index in [0.29, 0.717) is 37.2 Å². The second-order valence-electron chi connectivity index (χ2n) is 7.53. The summed E-state index contributed by atoms with van der Waals surface area (Å²) in [7, 11) is 0. The van der Waals surface area contributed by atoms with E-state index in [0.717, 1.165) is 19.5 Å². The maximum absolute atomic E-state index is 12.4. The third-order valence-electron chi connectivity index (χ3n) is 5.97. The predicted octanol–water partition coefficient (Wildman–Crippen LogP) is 2.97. The molecule has 0 radical (unpaired) electrons. The Morgan fingerprint density at radius 3 is 2.60 bits per heavy atom. The van der Waals surface area contributed by atoms with Gasteiger partial charge in [-0.05, 0) is 31.7 Å². The maximum atomic E-state index is 12.4. The lowest BCUT2D eigenvalue weighted by Crippen LogP contribution is -2.40. The van der Waals surface area contributed by atoms with Gasteiger partial charge in [-0.1, -0.05) is 30.3 Å². The van der Waals surface area contributed by atoms with Crippen molar-refractivity contribution < 1.29 is 14.3 Å². The molecule has 3 aliphatic heterocycles. The van der Waals surface area contributed by atoms with Crippen molar-refractivity contribution in [1.29, 1.82) is 0 Å². The van der Waals surface area contributed by atoms with Gasteiger partial charge in [0, 0.05) is 38.1 Å². The summed E-state index contributed by atoms with van der Waals surface area (Å²) < 4.78 is 11.8. The number of hydrogen-bond donors (Lipinski definition) is 1. The van der Waals surface area contributed by atoms with E-state index in [1.807, 2.05) is 23.1 Å². The second-order valence-corrected chi connectivity index (χ2v) is 7.53. The molecule has 5 atom stereocenters. The Morgan fingerprint density at radius 2 is 1.92 bits per heavy atom. The molecule has 5 nitrogen and oxygen atoms in total. The smallest absolute Gasteiger partial charge is 0.317 e. The normalized spacial score (nSPS) is 31.2. The zero-order chi connectivity index (χ0) is 17.2. The minimum atomic E-state index is 0.0740. The molecule has 0 aliphatic carbocycles. The second kappa shape index (κ2) is 7.34. The average molecular weight is 344 g/mol. The van der Waals surface area contributed by atoms with Gasteiger partial charge in [0.1, 0.15) is 0 Å². The standard InChI is InChI=1S/C20H28N2O3/c1-14(15-6-3-2-4-7-15)24-11-5-10-21-20(23)22-12-16-17(13-22)19-9-8-18(16)25-19/h2-4,6-7,14,16-19H,5,8-13H2,1H3,(H,21,23)/t14-,16-,17-,18+,19+/m0/s1. The fourth-order valence-corrected chi connectivity index (χ4v) is 4.59. The first-order chi connectivity index (χ1) is 12.2. The highest BCUT2D eigenvalue weighted by Gasteiger charge is 2.53. The van der Waals surface area contributed by atoms with Crippen molar-refractivity contribution in [3.05, 3.63) is 35.9 Å². The van der Waals surface area contributed by atoms with Crippen LogP contribution in [0.25, 0.3) is 0 Å². The van der Waals surface area contributed by atoms with Crippen LogP contribution < -0.4 is 5.32 Å². The van der Waals surface area contributed by atoms with E-state index >= 15 is 0 Å². The first-order valence-corrected chi connectivity index (χ1v) is 9.57. The molecular weight excluding hydrogens is 316 g/mol. The van der Waals surface area contributed by atoms with Crippen molar-refractivity contribution in [2.45, 2.75) is 44.5 Å². The fraction of sp³-hybridized carbons (Fsp3) is 0.650. The molecule has 3 heterocycles. The van der Waals surface area contributed by atoms with E-state index in [9.17, 15) is 4.79 Å². The van der Waals surface area contributed by atoms with Gasteiger partial charge in [-0.25, -0.2) is 4.79 Å². The lowest BCUT2D eigenvalue weighted by atomic mass is 9.82. The molecule has 1 aromatic rings. The van der Waals surface area contributed by atoms with Crippen molar-refractivity contribution in [3.8, 4) is 0 Å². The number of nitrogens with zero attached hydrogens (tertiary/aromatic N) is 1. The van der Waals surface area contributed by atoms with Gasteiger partial charge in [0.15, 0.2) is 0 Å². The molecule has 2 amide bonds. The number of ether oxygens (including phenoxy) is 2. The highest BCUT2D eigenvalue weighted by atomic mass is 16.5. The predicted molar refractivity (Wildman–Crippen MR) is 95.3 cm³/mol. The van der Waals surface area contributed by atoms with E-state index in [1.54, 1.807) is 0 Å². The number of fused-ring (bicyclic) bond motifs is 5. The Morgan fingerprint density at radius 1 is 1.24 bits per heavy atom. The first kappa shape index (κ1) is 16.9. The summed E-state index contributed by atoms with van der Waals surface area (Å²) in [6.45, 7) is 5.10. The zero-order valence-electron chi connectivity index (χ0n) is 14.9. The quantitative estimate of drug-likeness (QED) is 0.807. The number of rotatable bonds is 6. The van der Waals surface area contributed by atoms with Crippen LogP contribution in [0.15, 0.2) is 30.3 Å². The molecule has 0 unspecified atom stereocenters. The summed E-state index contributed by atoms with van der Waals surface area (Å²) in [6.07, 6.45) is 4.08. The molecule has 4 rings (SSSR count). The van der Waals surface area contributed by atoms with Gasteiger partial charge in [0.2, 0.25) is 0 Å². The number of carbonyl (C=O) groups excluding carboxylic acids is 1. The number of urea groups is 1. The van der Waals surface area contributed by atoms with Crippen LogP contribution in [-0.4, -0.2) is 49.4 Å². The number of hydrogen-bond acceptors (Lipinski definition) is 3. The fourth-order valence-electron chi connectivity index (χ4n) is 4.59. The molecule has 25 heavy (non-hydrogen) atoms. The molecular formula is C20H28N2O3. The number of likely N-dealkylation sites (tertiary alicyclic amines) is 1. The average Bonchev–Trinajstić information content (AvgIpc) is 3.34. The van der Waals surface area contributed by atoms with E-state index < -0.39 is 0 Å². The van der Waals surface area contributed by atoms with Gasteiger partial charge in [-0.15, -0.1) is 0 Å². The van der Waals surface area contributed by atoms with E-state index in [1.165, 1.54) is 18.4 Å². The molecule has 3 aliphatic rings. The van der Waals surface area contributed by atoms with Gasteiger partial charge in [-0.3, -0.25) is 0 Å². The summed E-state index contributed by atoms with van der Waals surface area (Å²) in [5, 5.41) is 3.04. The molecule has 5 heteroatoms. The van der Waals surface area contributed by atoms with Gasteiger partial charge < -0.3 is 19.7 Å². The number of carbonyl (C=O) groups is 1. The first-order valence-electron chi connectivity index (χ1n) is 9.57. The summed E-state index contributed by atoms with van der Waals surface area (Å²) in [6, 6.07) is 10.3. The third kappa shape index (κ3) is 3.53. The molecule has 1 N–H and O–H groups in total. The van der Waals surface area contributed by atoms with Gasteiger partial charge in [-0.2, -0.15) is 0 Å². The SMILES string of the molecule is C[C@H](OCCCNC(=O)N1C[C@H]2[C@H](C1)[C@H]1CC[C@H]2O1)c1ccccc1. The molecule has 0 saturated carbocycles. The minimum Gasteiger partial charge on any atom is -0.374 e. The Bertz CT molecular complexity index is 576. The minimum absolute atomic E-state index is 0.0740. The van der Waals surface area contributed by atoms with Crippen molar-refractivity contribution in [1.82, 2.24) is 10.2 Å². The lowest BCUT2D eigenvalue weighted by Gasteiger charge is -2.19. The van der Waals surface area contributed by atoms with E-state index in [4.69, 9.17) is 9.47 Å². The highest BCUT2D eigenvalue weighted by molar-refractivity contribution is 5.74. The number of nitrogens with one attached hydrogen (secondary N) is 1. The van der Waals surface area contributed by atoms with Crippen molar-refractivity contribution >= 4 is 6.03 Å². The van der Waals surface area contributed by atoms with Gasteiger partial charge in [0.05, 0.1) is 18.3 Å². The van der Waals surface area contributed by atoms with Crippen LogP contribution in [0.1, 0.15) is 37.9 Å². The van der Waals surface area contributed by atoms with Crippen LogP contribution in [0.2, 0.25) is 0 Å². The maximum Gasteiger partial charge on any atom is 0.317 e. The Balaban J connectivity index is 1.13. The van der Waals surface area contributed by atoms with Crippen molar-refractivity contribution in [2.24, 2.45) is 11.8 Å².